The molecule has 2 rings (SSSR count). The maximum Gasteiger partial charge on any atom is 0.150 e. The summed E-state index contributed by atoms with van der Waals surface area (Å²) in [5, 5.41) is 0. The van der Waals surface area contributed by atoms with Crippen LogP contribution in [0.15, 0.2) is 41.3 Å². The van der Waals surface area contributed by atoms with Gasteiger partial charge in [-0.2, -0.15) is 0 Å². The monoisotopic (exact) mass is 202 g/mol. The van der Waals surface area contributed by atoms with Gasteiger partial charge in [0.05, 0.1) is 0 Å². The number of hydrogen-bond acceptors (Lipinski definition) is 2. The van der Waals surface area contributed by atoms with Gasteiger partial charge in [0.25, 0.3) is 0 Å². The number of carbonyl (C=O) groups is 1. The highest BCUT2D eigenvalue weighted by Gasteiger charge is 2.12. The van der Waals surface area contributed by atoms with Crippen LogP contribution < -0.4 is 0 Å². The van der Waals surface area contributed by atoms with E-state index in [1.165, 1.54) is 4.90 Å². The normalized spacial score (nSPS) is 10.4. The van der Waals surface area contributed by atoms with E-state index in [-0.39, 0.29) is 0 Å². The van der Waals surface area contributed by atoms with Crippen LogP contribution in [-0.4, -0.2) is 12.5 Å². The lowest BCUT2D eigenvalue weighted by Crippen LogP contribution is -1.75. The highest BCUT2D eigenvalue weighted by Crippen LogP contribution is 2.35. The minimum Gasteiger partial charge on any atom is -0.298 e. The van der Waals surface area contributed by atoms with E-state index in [4.69, 9.17) is 0 Å². The molecule has 0 fully saturated rings. The largest absolute Gasteiger partial charge is 0.298 e. The van der Waals surface area contributed by atoms with Gasteiger partial charge in [0.1, 0.15) is 0 Å². The molecule has 0 heterocycles. The van der Waals surface area contributed by atoms with Crippen molar-refractivity contribution < 1.29 is 4.79 Å². The Labute approximate surface area is 87.5 Å². The van der Waals surface area contributed by atoms with Crippen LogP contribution in [0.5, 0.6) is 0 Å². The predicted octanol–water partition coefficient (Wildman–Crippen LogP) is 3.33. The Balaban J connectivity index is 2.73. The lowest BCUT2D eigenvalue weighted by molar-refractivity contribution is 0.112. The van der Waals surface area contributed by atoms with Gasteiger partial charge in [0, 0.05) is 10.5 Å². The van der Waals surface area contributed by atoms with Crippen LogP contribution >= 0.6 is 11.8 Å². The zero-order valence-corrected chi connectivity index (χ0v) is 8.67. The Bertz CT molecular complexity index is 437. The zero-order chi connectivity index (χ0) is 9.97. The Morgan fingerprint density at radius 1 is 1.14 bits per heavy atom. The summed E-state index contributed by atoms with van der Waals surface area (Å²) in [5.41, 5.74) is 2.97. The van der Waals surface area contributed by atoms with Crippen molar-refractivity contribution in [2.45, 2.75) is 4.90 Å². The van der Waals surface area contributed by atoms with Gasteiger partial charge in [-0.15, -0.1) is 11.8 Å². The smallest absolute Gasteiger partial charge is 0.150 e. The Morgan fingerprint density at radius 2 is 1.86 bits per heavy atom. The summed E-state index contributed by atoms with van der Waals surface area (Å²) in [6.07, 6.45) is 2.94. The van der Waals surface area contributed by atoms with E-state index in [1.807, 2.05) is 42.7 Å². The van der Waals surface area contributed by atoms with E-state index in [2.05, 4.69) is 0 Å². The lowest BCUT2D eigenvalue weighted by Gasteiger charge is -1.95. The van der Waals surface area contributed by atoms with Gasteiger partial charge in [-0.3, -0.25) is 4.79 Å². The van der Waals surface area contributed by atoms with Crippen molar-refractivity contribution >= 4 is 18.0 Å². The van der Waals surface area contributed by atoms with Crippen molar-refractivity contribution in [1.82, 2.24) is 0 Å². The van der Waals surface area contributed by atoms with Gasteiger partial charge in [0.15, 0.2) is 6.29 Å². The number of aldehydes is 1. The van der Waals surface area contributed by atoms with Crippen LogP contribution in [0.4, 0.5) is 0 Å². The van der Waals surface area contributed by atoms with Crippen LogP contribution in [0.25, 0.3) is 11.1 Å². The van der Waals surface area contributed by atoms with Gasteiger partial charge in [-0.1, -0.05) is 30.3 Å². The fourth-order valence-corrected chi connectivity index (χ4v) is 2.22. The van der Waals surface area contributed by atoms with Crippen molar-refractivity contribution in [2.75, 3.05) is 6.26 Å². The average molecular weight is 202 g/mol. The molecule has 2 aliphatic carbocycles. The Kier molecular flexibility index (Phi) is 2.55. The van der Waals surface area contributed by atoms with Gasteiger partial charge in [0.2, 0.25) is 0 Å². The van der Waals surface area contributed by atoms with Crippen molar-refractivity contribution in [3.8, 4) is 11.1 Å². The third-order valence-corrected chi connectivity index (χ3v) is 3.03. The molecule has 0 unspecified atom stereocenters. The predicted molar refractivity (Wildman–Crippen MR) is 60.2 cm³/mol. The molecule has 0 spiro atoms. The third-order valence-electron chi connectivity index (χ3n) is 2.25. The molecule has 1 nitrogen and oxygen atoms in total. The summed E-state index contributed by atoms with van der Waals surface area (Å²) in [6.45, 7) is 0. The number of hydrogen-bond donors (Lipinski definition) is 0. The lowest BCUT2D eigenvalue weighted by atomic mass is 10.1. The second-order valence-electron chi connectivity index (χ2n) is 3.02. The fraction of sp³-hybridized carbons (Fsp3) is 0.0833. The van der Waals surface area contributed by atoms with Gasteiger partial charge in [-0.25, -0.2) is 0 Å². The summed E-state index contributed by atoms with van der Waals surface area (Å²) >= 11 is 1.67. The first-order valence-electron chi connectivity index (χ1n) is 4.37. The van der Waals surface area contributed by atoms with Gasteiger partial charge in [-0.05, 0) is 23.4 Å². The van der Waals surface area contributed by atoms with Crippen molar-refractivity contribution in [3.05, 3.63) is 42.0 Å². The number of thioether (sulfide) groups is 1. The summed E-state index contributed by atoms with van der Waals surface area (Å²) in [7, 11) is 0. The molecule has 0 N–H and O–H groups in total. The molecule has 0 aromatic rings. The maximum absolute atomic E-state index is 10.8. The van der Waals surface area contributed by atoms with Crippen LogP contribution in [0.1, 0.15) is 10.4 Å². The summed E-state index contributed by atoms with van der Waals surface area (Å²) in [6, 6.07) is 11.9. The van der Waals surface area contributed by atoms with Crippen molar-refractivity contribution in [2.24, 2.45) is 0 Å². The summed E-state index contributed by atoms with van der Waals surface area (Å²) in [4.78, 5) is 12.0. The molecule has 0 radical (unpaired) electrons. The van der Waals surface area contributed by atoms with E-state index >= 15 is 0 Å². The zero-order valence-electron chi connectivity index (χ0n) is 7.86. The number of fused-ring (bicyclic) bond motifs is 1. The molecule has 2 heteroatoms. The van der Waals surface area contributed by atoms with E-state index in [0.717, 1.165) is 23.0 Å². The molecule has 70 valence electrons. The molecular formula is C12H10OS. The molecule has 0 saturated carbocycles. The fourth-order valence-electron chi connectivity index (χ4n) is 1.58. The second kappa shape index (κ2) is 3.84. The first-order valence-corrected chi connectivity index (χ1v) is 5.60. The third kappa shape index (κ3) is 1.42. The highest BCUT2D eigenvalue weighted by molar-refractivity contribution is 7.98. The van der Waals surface area contributed by atoms with Crippen molar-refractivity contribution in [1.29, 1.82) is 0 Å². The summed E-state index contributed by atoms with van der Waals surface area (Å²) in [5.74, 6) is 0. The second-order valence-corrected chi connectivity index (χ2v) is 3.87. The van der Waals surface area contributed by atoms with E-state index < -0.39 is 0 Å². The average Bonchev–Trinajstić information content (AvgIpc) is 2.39. The topological polar surface area (TPSA) is 17.1 Å². The molecule has 0 aromatic carbocycles. The number of carbonyl (C=O) groups excluding carboxylic acids is 1. The molecule has 0 aromatic heterocycles. The van der Waals surface area contributed by atoms with Crippen LogP contribution in [-0.2, 0) is 0 Å². The van der Waals surface area contributed by atoms with Gasteiger partial charge >= 0.3 is 0 Å². The molecule has 2 aliphatic rings. The Hall–Kier alpha value is -1.28. The van der Waals surface area contributed by atoms with Crippen LogP contribution in [0, 0.1) is 0 Å². The minimum absolute atomic E-state index is 0.778. The SMILES string of the molecule is CSc1cc(C=O)c2cccccc1-2. The minimum atomic E-state index is 0.778. The van der Waals surface area contributed by atoms with Crippen LogP contribution in [0.2, 0.25) is 0 Å². The van der Waals surface area contributed by atoms with E-state index in [9.17, 15) is 4.79 Å². The molecule has 0 aliphatic heterocycles. The Morgan fingerprint density at radius 3 is 2.50 bits per heavy atom. The highest BCUT2D eigenvalue weighted by atomic mass is 32.2. The van der Waals surface area contributed by atoms with Gasteiger partial charge < -0.3 is 0 Å². The molecule has 0 saturated heterocycles. The maximum atomic E-state index is 10.8. The quantitative estimate of drug-likeness (QED) is 0.549. The molecule has 14 heavy (non-hydrogen) atoms. The molecule has 0 bridgehead atoms. The molecular weight excluding hydrogens is 192 g/mol. The van der Waals surface area contributed by atoms with E-state index in [0.29, 0.717) is 0 Å². The van der Waals surface area contributed by atoms with Crippen molar-refractivity contribution in [3.63, 3.8) is 0 Å². The molecule has 0 atom stereocenters. The van der Waals surface area contributed by atoms with E-state index in [1.54, 1.807) is 11.8 Å². The standard InChI is InChI=1S/C12H10OS/c1-14-12-7-9(8-13)10-5-3-2-4-6-11(10)12/h2-8H,1H3. The first kappa shape index (κ1) is 9.28. The first-order chi connectivity index (χ1) is 6.86. The summed E-state index contributed by atoms with van der Waals surface area (Å²) < 4.78 is 0. The number of rotatable bonds is 2. The van der Waals surface area contributed by atoms with Crippen LogP contribution in [0.3, 0.4) is 0 Å². The molecule has 0 amide bonds.